The number of hydrogen-bond acceptors (Lipinski definition) is 6. The third-order valence-electron chi connectivity index (χ3n) is 7.62. The van der Waals surface area contributed by atoms with Gasteiger partial charge in [0.25, 0.3) is 5.91 Å². The summed E-state index contributed by atoms with van der Waals surface area (Å²) in [5.41, 5.74) is 3.79. The van der Waals surface area contributed by atoms with E-state index in [0.29, 0.717) is 48.8 Å². The summed E-state index contributed by atoms with van der Waals surface area (Å²) < 4.78 is 19.2. The predicted octanol–water partition coefficient (Wildman–Crippen LogP) is 6.25. The minimum Gasteiger partial charge on any atom is -0.478 e. The number of aromatic nitrogens is 1. The van der Waals surface area contributed by atoms with Gasteiger partial charge in [-0.3, -0.25) is 4.79 Å². The molecule has 2 aromatic heterocycles. The van der Waals surface area contributed by atoms with Gasteiger partial charge in [-0.15, -0.1) is 0 Å². The van der Waals surface area contributed by atoms with Gasteiger partial charge < -0.3 is 30.0 Å². The van der Waals surface area contributed by atoms with Crippen LogP contribution in [-0.4, -0.2) is 59.1 Å². The lowest BCUT2D eigenvalue weighted by Crippen LogP contribution is -2.50. The predicted molar refractivity (Wildman–Crippen MR) is 165 cm³/mol. The number of carbonyl (C=O) groups is 3. The van der Waals surface area contributed by atoms with Crippen molar-refractivity contribution in [2.75, 3.05) is 41.7 Å². The lowest BCUT2D eigenvalue weighted by molar-refractivity contribution is 0.0697. The number of amides is 3. The van der Waals surface area contributed by atoms with Crippen LogP contribution in [0.25, 0.3) is 22.1 Å². The van der Waals surface area contributed by atoms with Gasteiger partial charge in [-0.05, 0) is 66.6 Å². The van der Waals surface area contributed by atoms with Crippen molar-refractivity contribution in [3.8, 4) is 11.1 Å². The number of rotatable bonds is 6. The molecule has 0 saturated carbocycles. The number of carboxylic acids is 1. The molecule has 0 radical (unpaired) electrons. The summed E-state index contributed by atoms with van der Waals surface area (Å²) in [5.74, 6) is -0.920. The molecule has 1 saturated heterocycles. The summed E-state index contributed by atoms with van der Waals surface area (Å²) in [6, 6.07) is 21.3. The zero-order chi connectivity index (χ0) is 30.8. The number of halogens is 1. The van der Waals surface area contributed by atoms with Crippen molar-refractivity contribution in [2.45, 2.75) is 6.92 Å². The smallest absolute Gasteiger partial charge is 0.337 e. The Morgan fingerprint density at radius 2 is 1.61 bits per heavy atom. The van der Waals surface area contributed by atoms with Crippen LogP contribution in [0.5, 0.6) is 0 Å². The molecule has 0 unspecified atom stereocenters. The van der Waals surface area contributed by atoms with E-state index in [1.165, 1.54) is 18.2 Å². The highest BCUT2D eigenvalue weighted by Crippen LogP contribution is 2.31. The van der Waals surface area contributed by atoms with Crippen LogP contribution < -0.4 is 15.5 Å². The third-order valence-corrected chi connectivity index (χ3v) is 7.62. The summed E-state index contributed by atoms with van der Waals surface area (Å²) in [5, 5.41) is 15.7. The third kappa shape index (κ3) is 5.80. The molecule has 10 nitrogen and oxygen atoms in total. The molecule has 0 spiro atoms. The molecule has 222 valence electrons. The van der Waals surface area contributed by atoms with Gasteiger partial charge in [0.15, 0.2) is 5.76 Å². The second-order valence-electron chi connectivity index (χ2n) is 10.4. The zero-order valence-corrected chi connectivity index (χ0v) is 23.7. The first kappa shape index (κ1) is 28.4. The van der Waals surface area contributed by atoms with Gasteiger partial charge in [0.2, 0.25) is 0 Å². The van der Waals surface area contributed by atoms with Crippen molar-refractivity contribution in [3.05, 3.63) is 108 Å². The van der Waals surface area contributed by atoms with E-state index in [0.717, 1.165) is 16.5 Å². The van der Waals surface area contributed by atoms with Gasteiger partial charge in [0.05, 0.1) is 23.1 Å². The number of aromatic carboxylic acids is 1. The molecular formula is C33H28FN5O5. The number of pyridine rings is 1. The Balaban J connectivity index is 1.07. The summed E-state index contributed by atoms with van der Waals surface area (Å²) in [4.78, 5) is 45.5. The van der Waals surface area contributed by atoms with Gasteiger partial charge >= 0.3 is 12.0 Å². The first-order valence-electron chi connectivity index (χ1n) is 14.0. The standard InChI is InChI=1S/C33H28FN5O5/c1-20-26-18-22(21-6-9-23(34)10-7-21)8-12-28(26)44-30(20)31(40)36-24-11-13-29(35-19-24)38-14-16-39(17-15-38)33(43)37-27-5-3-2-4-25(27)32(41)42/h2-13,18-19H,14-17H2,1H3,(H,36,40)(H,37,43)(H,41,42). The first-order chi connectivity index (χ1) is 21.3. The van der Waals surface area contributed by atoms with Gasteiger partial charge in [-0.1, -0.05) is 30.3 Å². The number of aryl methyl sites for hydroxylation is 1. The van der Waals surface area contributed by atoms with E-state index < -0.39 is 11.9 Å². The fourth-order valence-corrected chi connectivity index (χ4v) is 5.21. The molecule has 0 atom stereocenters. The second-order valence-corrected chi connectivity index (χ2v) is 10.4. The van der Waals surface area contributed by atoms with Crippen molar-refractivity contribution in [1.82, 2.24) is 9.88 Å². The number of fused-ring (bicyclic) bond motifs is 1. The molecule has 0 aliphatic carbocycles. The summed E-state index contributed by atoms with van der Waals surface area (Å²) in [6.45, 7) is 3.74. The van der Waals surface area contributed by atoms with Crippen LogP contribution in [0.2, 0.25) is 0 Å². The Bertz CT molecular complexity index is 1860. The number of urea groups is 1. The molecular weight excluding hydrogens is 565 g/mol. The number of hydrogen-bond donors (Lipinski definition) is 3. The number of anilines is 3. The molecule has 5 aromatic rings. The van der Waals surface area contributed by atoms with Crippen molar-refractivity contribution in [3.63, 3.8) is 0 Å². The maximum atomic E-state index is 13.3. The van der Waals surface area contributed by atoms with Crippen LogP contribution >= 0.6 is 0 Å². The molecule has 44 heavy (non-hydrogen) atoms. The topological polar surface area (TPSA) is 128 Å². The van der Waals surface area contributed by atoms with Gasteiger partial charge in [0, 0.05) is 37.1 Å². The number of nitrogens with one attached hydrogen (secondary N) is 2. The van der Waals surface area contributed by atoms with E-state index in [-0.39, 0.29) is 28.9 Å². The molecule has 3 aromatic carbocycles. The quantitative estimate of drug-likeness (QED) is 0.212. The highest BCUT2D eigenvalue weighted by molar-refractivity contribution is 6.07. The van der Waals surface area contributed by atoms with E-state index in [1.54, 1.807) is 59.6 Å². The first-order valence-corrected chi connectivity index (χ1v) is 14.0. The summed E-state index contributed by atoms with van der Waals surface area (Å²) in [6.07, 6.45) is 1.57. The van der Waals surface area contributed by atoms with Crippen LogP contribution in [0.4, 0.5) is 26.4 Å². The number of carboxylic acid groups (broad SMARTS) is 1. The number of benzene rings is 3. The molecule has 1 aliphatic rings. The average molecular weight is 594 g/mol. The minimum atomic E-state index is -1.11. The zero-order valence-electron chi connectivity index (χ0n) is 23.7. The lowest BCUT2D eigenvalue weighted by atomic mass is 10.0. The Morgan fingerprint density at radius 1 is 0.886 bits per heavy atom. The summed E-state index contributed by atoms with van der Waals surface area (Å²) >= 11 is 0. The van der Waals surface area contributed by atoms with Crippen molar-refractivity contribution in [2.24, 2.45) is 0 Å². The van der Waals surface area contributed by atoms with E-state index in [1.807, 2.05) is 24.0 Å². The van der Waals surface area contributed by atoms with Crippen LogP contribution in [-0.2, 0) is 0 Å². The van der Waals surface area contributed by atoms with Gasteiger partial charge in [-0.25, -0.2) is 19.0 Å². The molecule has 0 bridgehead atoms. The summed E-state index contributed by atoms with van der Waals surface area (Å²) in [7, 11) is 0. The minimum absolute atomic E-state index is 0.0300. The number of nitrogens with zero attached hydrogens (tertiary/aromatic N) is 3. The number of piperazine rings is 1. The van der Waals surface area contributed by atoms with E-state index >= 15 is 0 Å². The van der Waals surface area contributed by atoms with Crippen molar-refractivity contribution in [1.29, 1.82) is 0 Å². The number of carbonyl (C=O) groups excluding carboxylic acids is 2. The number of furan rings is 1. The Kier molecular flexibility index (Phi) is 7.67. The Labute approximate surface area is 251 Å². The normalized spacial score (nSPS) is 13.1. The Morgan fingerprint density at radius 3 is 2.32 bits per heavy atom. The number of para-hydroxylation sites is 1. The fraction of sp³-hybridized carbons (Fsp3) is 0.152. The maximum Gasteiger partial charge on any atom is 0.337 e. The second kappa shape index (κ2) is 11.9. The van der Waals surface area contributed by atoms with Gasteiger partial charge in [0.1, 0.15) is 17.2 Å². The SMILES string of the molecule is Cc1c(C(=O)Nc2ccc(N3CCN(C(=O)Nc4ccccc4C(=O)O)CC3)nc2)oc2ccc(-c3ccc(F)cc3)cc12. The maximum absolute atomic E-state index is 13.3. The molecule has 1 fully saturated rings. The van der Waals surface area contributed by atoms with E-state index in [2.05, 4.69) is 15.6 Å². The highest BCUT2D eigenvalue weighted by Gasteiger charge is 2.24. The van der Waals surface area contributed by atoms with Gasteiger partial charge in [-0.2, -0.15) is 0 Å². The molecule has 11 heteroatoms. The molecule has 3 heterocycles. The van der Waals surface area contributed by atoms with Crippen LogP contribution in [0.15, 0.2) is 89.5 Å². The van der Waals surface area contributed by atoms with Crippen LogP contribution in [0.3, 0.4) is 0 Å². The fourth-order valence-electron chi connectivity index (χ4n) is 5.21. The monoisotopic (exact) mass is 593 g/mol. The van der Waals surface area contributed by atoms with Crippen LogP contribution in [0, 0.1) is 12.7 Å². The lowest BCUT2D eigenvalue weighted by Gasteiger charge is -2.35. The van der Waals surface area contributed by atoms with E-state index in [4.69, 9.17) is 4.42 Å². The van der Waals surface area contributed by atoms with Crippen molar-refractivity contribution >= 4 is 46.1 Å². The molecule has 6 rings (SSSR count). The van der Waals surface area contributed by atoms with Crippen molar-refractivity contribution < 1.29 is 28.3 Å². The molecule has 3 N–H and O–H groups in total. The van der Waals surface area contributed by atoms with Crippen LogP contribution in [0.1, 0.15) is 26.5 Å². The molecule has 3 amide bonds. The Hall–Kier alpha value is -5.71. The highest BCUT2D eigenvalue weighted by atomic mass is 19.1. The van der Waals surface area contributed by atoms with E-state index in [9.17, 15) is 23.9 Å². The molecule has 1 aliphatic heterocycles. The largest absolute Gasteiger partial charge is 0.478 e. The average Bonchev–Trinajstić information content (AvgIpc) is 3.37.